The molecule has 0 bridgehead atoms. The Morgan fingerprint density at radius 3 is 2.78 bits per heavy atom. The number of carbonyl (C=O) groups excluding carboxylic acids is 1. The number of carbonyl (C=O) groups is 1. The predicted octanol–water partition coefficient (Wildman–Crippen LogP) is 1.25. The molecule has 0 N–H and O–H groups in total. The summed E-state index contributed by atoms with van der Waals surface area (Å²) in [5.74, 6) is 1.24. The molecule has 5 nitrogen and oxygen atoms in total. The molecule has 0 amide bonds. The van der Waals surface area contributed by atoms with Crippen molar-refractivity contribution in [3.63, 3.8) is 0 Å². The molecular formula is C13H14O5. The average molecular weight is 250 g/mol. The van der Waals surface area contributed by atoms with Crippen molar-refractivity contribution in [1.29, 1.82) is 0 Å². The van der Waals surface area contributed by atoms with Crippen molar-refractivity contribution < 1.29 is 23.7 Å². The molecule has 0 atom stereocenters. The third-order valence-electron chi connectivity index (χ3n) is 3.45. The fourth-order valence-corrected chi connectivity index (χ4v) is 2.29. The van der Waals surface area contributed by atoms with Crippen molar-refractivity contribution in [3.05, 3.63) is 23.8 Å². The van der Waals surface area contributed by atoms with Crippen LogP contribution >= 0.6 is 0 Å². The maximum atomic E-state index is 11.5. The standard InChI is InChI=1S/C13H14O5/c1-15-12(14)5-13(6-16-7-13)9-2-3-10-11(4-9)18-8-17-10/h2-4H,5-8H2,1H3. The molecule has 0 aromatic heterocycles. The largest absolute Gasteiger partial charge is 0.469 e. The van der Waals surface area contributed by atoms with Crippen molar-refractivity contribution >= 4 is 5.97 Å². The van der Waals surface area contributed by atoms with E-state index in [-0.39, 0.29) is 18.2 Å². The second kappa shape index (κ2) is 4.17. The van der Waals surface area contributed by atoms with Gasteiger partial charge < -0.3 is 18.9 Å². The van der Waals surface area contributed by atoms with Gasteiger partial charge in [0.1, 0.15) is 0 Å². The molecule has 0 unspecified atom stereocenters. The molecule has 0 spiro atoms. The Morgan fingerprint density at radius 2 is 2.11 bits per heavy atom. The minimum absolute atomic E-state index is 0.226. The Morgan fingerprint density at radius 1 is 1.33 bits per heavy atom. The topological polar surface area (TPSA) is 54.0 Å². The van der Waals surface area contributed by atoms with Crippen LogP contribution in [0.2, 0.25) is 0 Å². The van der Waals surface area contributed by atoms with Gasteiger partial charge in [0.25, 0.3) is 0 Å². The summed E-state index contributed by atoms with van der Waals surface area (Å²) in [6.45, 7) is 1.31. The van der Waals surface area contributed by atoms with E-state index >= 15 is 0 Å². The van der Waals surface area contributed by atoms with Crippen molar-refractivity contribution in [2.75, 3.05) is 27.1 Å². The zero-order valence-electron chi connectivity index (χ0n) is 10.1. The van der Waals surface area contributed by atoms with Crippen LogP contribution in [0.5, 0.6) is 11.5 Å². The minimum atomic E-state index is -0.284. The molecule has 1 fully saturated rings. The Kier molecular flexibility index (Phi) is 2.63. The minimum Gasteiger partial charge on any atom is -0.469 e. The van der Waals surface area contributed by atoms with Crippen LogP contribution in [0.25, 0.3) is 0 Å². The van der Waals surface area contributed by atoms with Gasteiger partial charge in [-0.1, -0.05) is 6.07 Å². The van der Waals surface area contributed by atoms with Gasteiger partial charge in [-0.3, -0.25) is 4.79 Å². The number of ether oxygens (including phenoxy) is 4. The fraction of sp³-hybridized carbons (Fsp3) is 0.462. The fourth-order valence-electron chi connectivity index (χ4n) is 2.29. The predicted molar refractivity (Wildman–Crippen MR) is 61.7 cm³/mol. The van der Waals surface area contributed by atoms with Gasteiger partial charge in [0.05, 0.1) is 32.2 Å². The van der Waals surface area contributed by atoms with E-state index in [1.165, 1.54) is 7.11 Å². The van der Waals surface area contributed by atoms with Crippen LogP contribution < -0.4 is 9.47 Å². The Bertz CT molecular complexity index is 478. The van der Waals surface area contributed by atoms with E-state index < -0.39 is 0 Å². The van der Waals surface area contributed by atoms with Crippen LogP contribution in [0.4, 0.5) is 0 Å². The molecule has 0 aliphatic carbocycles. The number of rotatable bonds is 3. The first kappa shape index (κ1) is 11.3. The normalized spacial score (nSPS) is 19.2. The maximum absolute atomic E-state index is 11.5. The van der Waals surface area contributed by atoms with Gasteiger partial charge >= 0.3 is 5.97 Å². The Hall–Kier alpha value is -1.75. The van der Waals surface area contributed by atoms with Gasteiger partial charge in [0, 0.05) is 0 Å². The Labute approximate surface area is 105 Å². The molecular weight excluding hydrogens is 236 g/mol. The zero-order chi connectivity index (χ0) is 12.6. The summed E-state index contributed by atoms with van der Waals surface area (Å²) in [4.78, 5) is 11.5. The molecule has 2 aliphatic heterocycles. The highest BCUT2D eigenvalue weighted by atomic mass is 16.7. The highest BCUT2D eigenvalue weighted by Gasteiger charge is 2.43. The van der Waals surface area contributed by atoms with E-state index in [4.69, 9.17) is 18.9 Å². The summed E-state index contributed by atoms with van der Waals surface area (Å²) in [6, 6.07) is 5.75. The second-order valence-electron chi connectivity index (χ2n) is 4.59. The van der Waals surface area contributed by atoms with Crippen molar-refractivity contribution in [1.82, 2.24) is 0 Å². The molecule has 3 rings (SSSR count). The molecule has 1 aromatic rings. The third-order valence-corrected chi connectivity index (χ3v) is 3.45. The first-order chi connectivity index (χ1) is 8.73. The van der Waals surface area contributed by atoms with E-state index in [1.807, 2.05) is 18.2 Å². The van der Waals surface area contributed by atoms with E-state index in [2.05, 4.69) is 0 Å². The van der Waals surface area contributed by atoms with E-state index in [1.54, 1.807) is 0 Å². The first-order valence-electron chi connectivity index (χ1n) is 5.78. The lowest BCUT2D eigenvalue weighted by molar-refractivity contribution is -0.148. The number of hydrogen-bond donors (Lipinski definition) is 0. The van der Waals surface area contributed by atoms with Gasteiger partial charge in [0.15, 0.2) is 11.5 Å². The van der Waals surface area contributed by atoms with Crippen molar-refractivity contribution in [3.8, 4) is 11.5 Å². The van der Waals surface area contributed by atoms with Crippen molar-refractivity contribution in [2.24, 2.45) is 0 Å². The highest BCUT2D eigenvalue weighted by Crippen LogP contribution is 2.41. The smallest absolute Gasteiger partial charge is 0.306 e. The number of fused-ring (bicyclic) bond motifs is 1. The first-order valence-corrected chi connectivity index (χ1v) is 5.78. The van der Waals surface area contributed by atoms with Gasteiger partial charge in [0.2, 0.25) is 6.79 Å². The molecule has 0 saturated carbocycles. The molecule has 0 radical (unpaired) electrons. The lowest BCUT2D eigenvalue weighted by atomic mass is 9.76. The van der Waals surface area contributed by atoms with Crippen LogP contribution in [0.1, 0.15) is 12.0 Å². The van der Waals surface area contributed by atoms with Gasteiger partial charge in [-0.25, -0.2) is 0 Å². The van der Waals surface area contributed by atoms with Gasteiger partial charge in [-0.2, -0.15) is 0 Å². The SMILES string of the molecule is COC(=O)CC1(c2ccc3c(c2)OCO3)COC1. The third kappa shape index (κ3) is 1.71. The maximum Gasteiger partial charge on any atom is 0.306 e. The van der Waals surface area contributed by atoms with Crippen LogP contribution in [-0.2, 0) is 19.7 Å². The summed E-state index contributed by atoms with van der Waals surface area (Å²) < 4.78 is 20.7. The van der Waals surface area contributed by atoms with Gasteiger partial charge in [-0.15, -0.1) is 0 Å². The summed E-state index contributed by atoms with van der Waals surface area (Å²) in [5.41, 5.74) is 0.747. The molecule has 96 valence electrons. The molecule has 18 heavy (non-hydrogen) atoms. The molecule has 1 saturated heterocycles. The summed E-state index contributed by atoms with van der Waals surface area (Å²) in [5, 5.41) is 0. The monoisotopic (exact) mass is 250 g/mol. The summed E-state index contributed by atoms with van der Waals surface area (Å²) >= 11 is 0. The zero-order valence-corrected chi connectivity index (χ0v) is 10.1. The Balaban J connectivity index is 1.89. The number of benzene rings is 1. The lowest BCUT2D eigenvalue weighted by Crippen LogP contribution is -2.48. The molecule has 1 aromatic carbocycles. The number of methoxy groups -OCH3 is 1. The lowest BCUT2D eigenvalue weighted by Gasteiger charge is -2.41. The molecule has 5 heteroatoms. The van der Waals surface area contributed by atoms with Crippen LogP contribution in [-0.4, -0.2) is 33.1 Å². The van der Waals surface area contributed by atoms with Crippen molar-refractivity contribution in [2.45, 2.75) is 11.8 Å². The van der Waals surface area contributed by atoms with E-state index in [0.717, 1.165) is 17.1 Å². The quantitative estimate of drug-likeness (QED) is 0.756. The summed E-state index contributed by atoms with van der Waals surface area (Å²) in [7, 11) is 1.40. The van der Waals surface area contributed by atoms with E-state index in [0.29, 0.717) is 19.6 Å². The van der Waals surface area contributed by atoms with E-state index in [9.17, 15) is 4.79 Å². The van der Waals surface area contributed by atoms with Crippen LogP contribution in [0.3, 0.4) is 0 Å². The summed E-state index contributed by atoms with van der Waals surface area (Å²) in [6.07, 6.45) is 0.323. The average Bonchev–Trinajstić information content (AvgIpc) is 2.80. The van der Waals surface area contributed by atoms with Crippen LogP contribution in [0, 0.1) is 0 Å². The number of esters is 1. The second-order valence-corrected chi connectivity index (χ2v) is 4.59. The highest BCUT2D eigenvalue weighted by molar-refractivity contribution is 5.72. The van der Waals surface area contributed by atoms with Gasteiger partial charge in [-0.05, 0) is 17.7 Å². The van der Waals surface area contributed by atoms with Crippen LogP contribution in [0.15, 0.2) is 18.2 Å². The number of hydrogen-bond acceptors (Lipinski definition) is 5. The molecule has 2 aliphatic rings. The molecule has 2 heterocycles.